The van der Waals surface area contributed by atoms with Gasteiger partial charge in [0.25, 0.3) is 0 Å². The summed E-state index contributed by atoms with van der Waals surface area (Å²) in [5, 5.41) is 1.63. The molecule has 1 aliphatic rings. The average molecular weight is 385 g/mol. The summed E-state index contributed by atoms with van der Waals surface area (Å²) < 4.78 is 29.5. The van der Waals surface area contributed by atoms with Gasteiger partial charge in [0.05, 0.1) is 16.9 Å². The third-order valence-electron chi connectivity index (χ3n) is 5.25. The molecule has 0 unspecified atom stereocenters. The number of benzene rings is 3. The highest BCUT2D eigenvalue weighted by Gasteiger charge is 2.29. The molecule has 1 aromatic heterocycles. The van der Waals surface area contributed by atoms with E-state index in [0.717, 1.165) is 37.8 Å². The van der Waals surface area contributed by atoms with E-state index < -0.39 is 7.40 Å². The summed E-state index contributed by atoms with van der Waals surface area (Å²) in [6.07, 6.45) is 1.95. The number of hydrogen-bond acceptors (Lipinski definition) is 2. The van der Waals surface area contributed by atoms with Gasteiger partial charge in [0.1, 0.15) is 0 Å². The van der Waals surface area contributed by atoms with Gasteiger partial charge in [-0.05, 0) is 6.07 Å². The van der Waals surface area contributed by atoms with Gasteiger partial charge in [0.2, 0.25) is 0 Å². The van der Waals surface area contributed by atoms with E-state index in [0.29, 0.717) is 16.6 Å². The van der Waals surface area contributed by atoms with Gasteiger partial charge in [-0.25, -0.2) is 4.99 Å². The van der Waals surface area contributed by atoms with Gasteiger partial charge in [0.15, 0.2) is 0 Å². The van der Waals surface area contributed by atoms with E-state index in [1.54, 1.807) is 12.1 Å². The Labute approximate surface area is 167 Å². The molecule has 0 radical (unpaired) electrons. The van der Waals surface area contributed by atoms with E-state index >= 15 is 0 Å². The second kappa shape index (κ2) is 6.59. The summed E-state index contributed by atoms with van der Waals surface area (Å²) in [5.74, 6) is 0. The molecule has 2 heterocycles. The maximum absolute atomic E-state index is 14.2. The molecule has 1 aliphatic heterocycles. The van der Waals surface area contributed by atoms with E-state index in [1.165, 1.54) is 0 Å². The maximum atomic E-state index is 14.2. The van der Waals surface area contributed by atoms with Crippen LogP contribution in [0, 0.1) is 0 Å². The van der Waals surface area contributed by atoms with Crippen LogP contribution in [-0.4, -0.2) is 36.6 Å². The Balaban J connectivity index is 1.87. The van der Waals surface area contributed by atoms with E-state index in [1.807, 2.05) is 79.8 Å². The first-order chi connectivity index (χ1) is 14.1. The van der Waals surface area contributed by atoms with E-state index in [2.05, 4.69) is 0 Å². The Kier molecular flexibility index (Phi) is 4.01. The molecular formula is C23H18BF2N3. The Hall–Kier alpha value is -3.41. The van der Waals surface area contributed by atoms with E-state index in [4.69, 9.17) is 4.99 Å². The molecule has 142 valence electrons. The van der Waals surface area contributed by atoms with E-state index in [9.17, 15) is 8.63 Å². The lowest BCUT2D eigenvalue weighted by Crippen LogP contribution is -2.14. The van der Waals surface area contributed by atoms with Gasteiger partial charge < -0.3 is 9.38 Å². The molecule has 0 saturated heterocycles. The molecule has 3 nitrogen and oxygen atoms in total. The third kappa shape index (κ3) is 2.67. The number of para-hydroxylation sites is 2. The first-order valence-electron chi connectivity index (χ1n) is 9.43. The molecule has 0 fully saturated rings. The molecule has 0 atom stereocenters. The van der Waals surface area contributed by atoms with Gasteiger partial charge in [-0.2, -0.15) is 0 Å². The monoisotopic (exact) mass is 385 g/mol. The summed E-state index contributed by atoms with van der Waals surface area (Å²) >= 11 is 0. The fourth-order valence-corrected chi connectivity index (χ4v) is 4.15. The fraction of sp³-hybridized carbons (Fsp3) is 0.0870. The van der Waals surface area contributed by atoms with Crippen molar-refractivity contribution in [3.63, 3.8) is 0 Å². The zero-order valence-corrected chi connectivity index (χ0v) is 16.1. The lowest BCUT2D eigenvalue weighted by Gasteiger charge is -2.09. The van der Waals surface area contributed by atoms with Crippen molar-refractivity contribution >= 4 is 40.6 Å². The minimum absolute atomic E-state index is 0.517. The molecule has 29 heavy (non-hydrogen) atoms. The van der Waals surface area contributed by atoms with Crippen molar-refractivity contribution in [1.82, 2.24) is 9.38 Å². The minimum Gasteiger partial charge on any atom is -0.382 e. The van der Waals surface area contributed by atoms with Crippen molar-refractivity contribution in [3.05, 3.63) is 89.6 Å². The van der Waals surface area contributed by atoms with Crippen LogP contribution in [0.2, 0.25) is 0 Å². The molecule has 4 aromatic rings. The molecule has 0 bridgehead atoms. The largest absolute Gasteiger partial charge is 0.678 e. The lowest BCUT2D eigenvalue weighted by molar-refractivity contribution is 0.565. The predicted molar refractivity (Wildman–Crippen MR) is 117 cm³/mol. The molecular weight excluding hydrogens is 367 g/mol. The van der Waals surface area contributed by atoms with Crippen molar-refractivity contribution < 1.29 is 8.63 Å². The first-order valence-corrected chi connectivity index (χ1v) is 9.43. The molecule has 6 heteroatoms. The summed E-state index contributed by atoms with van der Waals surface area (Å²) in [6.45, 7) is 0. The van der Waals surface area contributed by atoms with Crippen LogP contribution in [0.15, 0.2) is 77.9 Å². The van der Waals surface area contributed by atoms with Crippen molar-refractivity contribution in [2.75, 3.05) is 14.1 Å². The molecule has 3 aromatic carbocycles. The second-order valence-corrected chi connectivity index (χ2v) is 7.35. The van der Waals surface area contributed by atoms with Crippen molar-refractivity contribution in [3.8, 4) is 0 Å². The number of nitrogens with zero attached hydrogens (tertiary/aromatic N) is 3. The summed E-state index contributed by atoms with van der Waals surface area (Å²) in [6, 6.07) is 20.9. The van der Waals surface area contributed by atoms with Crippen molar-refractivity contribution in [1.29, 1.82) is 0 Å². The van der Waals surface area contributed by atoms with Crippen LogP contribution in [0.3, 0.4) is 0 Å². The van der Waals surface area contributed by atoms with Gasteiger partial charge >= 0.3 is 7.40 Å². The second-order valence-electron chi connectivity index (χ2n) is 7.35. The Morgan fingerprint density at radius 3 is 2.24 bits per heavy atom. The van der Waals surface area contributed by atoms with Crippen LogP contribution < -0.4 is 0 Å². The highest BCUT2D eigenvalue weighted by atomic mass is 19.2. The fourth-order valence-electron chi connectivity index (χ4n) is 4.15. The maximum Gasteiger partial charge on any atom is 0.678 e. The number of fused-ring (bicyclic) bond motifs is 4. The highest BCUT2D eigenvalue weighted by molar-refractivity contribution is 6.46. The highest BCUT2D eigenvalue weighted by Crippen LogP contribution is 2.37. The molecule has 5 rings (SSSR count). The summed E-state index contributed by atoms with van der Waals surface area (Å²) in [5.41, 5.74) is 5.28. The summed E-state index contributed by atoms with van der Waals surface area (Å²) in [4.78, 5) is 6.80. The number of hydrogen-bond donors (Lipinski definition) is 0. The molecule has 0 aliphatic carbocycles. The van der Waals surface area contributed by atoms with Gasteiger partial charge in [0, 0.05) is 53.3 Å². The van der Waals surface area contributed by atoms with Crippen LogP contribution >= 0.6 is 0 Å². The standard InChI is InChI=1S/C23H18BF2N3/c1-28(2)14-20-15-8-3-4-10-17(15)22(27-20)19-12-7-11-18-16-9-5-6-13-21(16)29(23(18)19)24(25)26/h3-14H,1-2H3/b20-14-. The normalized spacial score (nSPS) is 14.5. The predicted octanol–water partition coefficient (Wildman–Crippen LogP) is 5.28. The Morgan fingerprint density at radius 2 is 1.48 bits per heavy atom. The topological polar surface area (TPSA) is 20.5 Å². The lowest BCUT2D eigenvalue weighted by atomic mass is 9.97. The zero-order chi connectivity index (χ0) is 20.1. The number of rotatable bonds is 3. The first kappa shape index (κ1) is 17.7. The Bertz CT molecular complexity index is 1320. The quantitative estimate of drug-likeness (QED) is 0.440. The van der Waals surface area contributed by atoms with Crippen LogP contribution in [0.25, 0.3) is 27.5 Å². The summed E-state index contributed by atoms with van der Waals surface area (Å²) in [7, 11) is 1.24. The number of aliphatic imine (C=N–C) groups is 1. The van der Waals surface area contributed by atoms with Crippen molar-refractivity contribution in [2.45, 2.75) is 0 Å². The third-order valence-corrected chi connectivity index (χ3v) is 5.25. The van der Waals surface area contributed by atoms with Crippen LogP contribution in [-0.2, 0) is 0 Å². The smallest absolute Gasteiger partial charge is 0.382 e. The average Bonchev–Trinajstić information content (AvgIpc) is 3.24. The van der Waals surface area contributed by atoms with Gasteiger partial charge in [-0.1, -0.05) is 60.7 Å². The number of halogens is 2. The van der Waals surface area contributed by atoms with Crippen LogP contribution in [0.5, 0.6) is 0 Å². The van der Waals surface area contributed by atoms with Crippen molar-refractivity contribution in [2.24, 2.45) is 4.99 Å². The molecule has 0 N–H and O–H groups in total. The van der Waals surface area contributed by atoms with Gasteiger partial charge in [-0.3, -0.25) is 8.63 Å². The zero-order valence-electron chi connectivity index (χ0n) is 16.1. The molecule has 0 spiro atoms. The van der Waals surface area contributed by atoms with Crippen LogP contribution in [0.4, 0.5) is 8.63 Å². The number of aromatic nitrogens is 1. The Morgan fingerprint density at radius 1 is 0.828 bits per heavy atom. The molecule has 0 amide bonds. The SMILES string of the molecule is CN(C)/C=C1\N=C(c2cccc3c4ccccc4n(B(F)F)c23)c2ccccc21. The minimum atomic E-state index is -2.65. The van der Waals surface area contributed by atoms with Crippen LogP contribution in [0.1, 0.15) is 16.7 Å². The molecule has 0 saturated carbocycles. The van der Waals surface area contributed by atoms with E-state index in [-0.39, 0.29) is 0 Å². The van der Waals surface area contributed by atoms with Gasteiger partial charge in [-0.15, -0.1) is 0 Å².